The standard InChI is InChI=1S/C16H21N5O2/c17-14-19-15(18)21(16(20-14)7-2-1-3-8-16)12-6-4-5-11(9-12)10-13(22)23/h4-6,9H,1-3,7-8,10H2,(H,22,23)(H4,17,18,19,20). The van der Waals surface area contributed by atoms with Crippen molar-refractivity contribution >= 4 is 23.6 Å². The van der Waals surface area contributed by atoms with Crippen LogP contribution in [0.2, 0.25) is 0 Å². The minimum atomic E-state index is -0.864. The molecule has 1 aromatic rings. The largest absolute Gasteiger partial charge is 0.481 e. The third-order valence-electron chi connectivity index (χ3n) is 4.38. The van der Waals surface area contributed by atoms with E-state index in [0.717, 1.165) is 36.9 Å². The van der Waals surface area contributed by atoms with Gasteiger partial charge in [-0.05, 0) is 43.4 Å². The Morgan fingerprint density at radius 1 is 1.26 bits per heavy atom. The molecule has 1 saturated carbocycles. The van der Waals surface area contributed by atoms with E-state index >= 15 is 0 Å². The van der Waals surface area contributed by atoms with E-state index in [-0.39, 0.29) is 12.4 Å². The molecule has 1 aromatic carbocycles. The Morgan fingerprint density at radius 2 is 2.00 bits per heavy atom. The normalized spacial score (nSPS) is 20.1. The quantitative estimate of drug-likeness (QED) is 0.780. The van der Waals surface area contributed by atoms with Crippen molar-refractivity contribution in [1.29, 1.82) is 0 Å². The van der Waals surface area contributed by atoms with Crippen molar-refractivity contribution in [1.82, 2.24) is 0 Å². The summed E-state index contributed by atoms with van der Waals surface area (Å²) >= 11 is 0. The number of carboxylic acid groups (broad SMARTS) is 1. The van der Waals surface area contributed by atoms with Gasteiger partial charge >= 0.3 is 5.97 Å². The Balaban J connectivity index is 2.01. The van der Waals surface area contributed by atoms with Crippen LogP contribution < -0.4 is 16.4 Å². The zero-order valence-electron chi connectivity index (χ0n) is 12.9. The lowest BCUT2D eigenvalue weighted by Crippen LogP contribution is -2.58. The fourth-order valence-corrected chi connectivity index (χ4v) is 3.47. The van der Waals surface area contributed by atoms with Crippen LogP contribution in [-0.2, 0) is 11.2 Å². The minimum Gasteiger partial charge on any atom is -0.481 e. The first kappa shape index (κ1) is 15.3. The van der Waals surface area contributed by atoms with Crippen LogP contribution in [0.3, 0.4) is 0 Å². The van der Waals surface area contributed by atoms with Gasteiger partial charge in [-0.15, -0.1) is 0 Å². The van der Waals surface area contributed by atoms with Crippen molar-refractivity contribution in [2.24, 2.45) is 21.5 Å². The number of carboxylic acids is 1. The fourth-order valence-electron chi connectivity index (χ4n) is 3.47. The van der Waals surface area contributed by atoms with Gasteiger partial charge in [-0.25, -0.2) is 4.99 Å². The van der Waals surface area contributed by atoms with Gasteiger partial charge in [-0.2, -0.15) is 4.99 Å². The van der Waals surface area contributed by atoms with Crippen LogP contribution in [-0.4, -0.2) is 28.7 Å². The molecule has 1 heterocycles. The van der Waals surface area contributed by atoms with Crippen LogP contribution in [0.25, 0.3) is 0 Å². The molecule has 3 rings (SSSR count). The summed E-state index contributed by atoms with van der Waals surface area (Å²) in [6, 6.07) is 7.37. The van der Waals surface area contributed by atoms with Crippen molar-refractivity contribution in [2.45, 2.75) is 44.2 Å². The SMILES string of the molecule is NC1=NC2(CCCCC2)N(c2cccc(CC(=O)O)c2)C(N)=N1. The van der Waals surface area contributed by atoms with Gasteiger partial charge in [-0.3, -0.25) is 9.69 Å². The van der Waals surface area contributed by atoms with Crippen LogP contribution in [0, 0.1) is 0 Å². The maximum absolute atomic E-state index is 11.0. The van der Waals surface area contributed by atoms with E-state index < -0.39 is 11.6 Å². The number of aliphatic imine (C=N–C) groups is 2. The molecular weight excluding hydrogens is 294 g/mol. The fraction of sp³-hybridized carbons (Fsp3) is 0.438. The summed E-state index contributed by atoms with van der Waals surface area (Å²) in [7, 11) is 0. The number of benzene rings is 1. The average Bonchev–Trinajstić information content (AvgIpc) is 2.46. The van der Waals surface area contributed by atoms with Gasteiger partial charge in [0, 0.05) is 5.69 Å². The number of anilines is 1. The third kappa shape index (κ3) is 2.99. The molecule has 7 heteroatoms. The van der Waals surface area contributed by atoms with E-state index in [1.165, 1.54) is 6.42 Å². The zero-order valence-corrected chi connectivity index (χ0v) is 12.9. The highest BCUT2D eigenvalue weighted by molar-refractivity contribution is 6.05. The summed E-state index contributed by atoms with van der Waals surface area (Å²) in [5.74, 6) is -0.341. The molecule has 0 atom stereocenters. The molecule has 0 amide bonds. The van der Waals surface area contributed by atoms with Gasteiger partial charge < -0.3 is 16.6 Å². The van der Waals surface area contributed by atoms with Crippen LogP contribution in [0.4, 0.5) is 5.69 Å². The monoisotopic (exact) mass is 315 g/mol. The number of hydrogen-bond donors (Lipinski definition) is 3. The topological polar surface area (TPSA) is 117 Å². The second-order valence-electron chi connectivity index (χ2n) is 6.06. The van der Waals surface area contributed by atoms with E-state index in [4.69, 9.17) is 16.6 Å². The molecule has 1 aliphatic heterocycles. The summed E-state index contributed by atoms with van der Waals surface area (Å²) in [5.41, 5.74) is 13.0. The summed E-state index contributed by atoms with van der Waals surface area (Å²) < 4.78 is 0. The molecule has 5 N–H and O–H groups in total. The van der Waals surface area contributed by atoms with Gasteiger partial charge in [0.15, 0.2) is 0 Å². The Morgan fingerprint density at radius 3 is 2.70 bits per heavy atom. The first-order chi connectivity index (χ1) is 11.0. The van der Waals surface area contributed by atoms with Crippen molar-refractivity contribution in [3.8, 4) is 0 Å². The Kier molecular flexibility index (Phi) is 3.94. The van der Waals surface area contributed by atoms with Gasteiger partial charge in [0.2, 0.25) is 11.9 Å². The maximum Gasteiger partial charge on any atom is 0.307 e. The molecule has 2 aliphatic rings. The second kappa shape index (κ2) is 5.91. The molecule has 0 unspecified atom stereocenters. The highest BCUT2D eigenvalue weighted by Gasteiger charge is 2.42. The van der Waals surface area contributed by atoms with Gasteiger partial charge in [0.25, 0.3) is 0 Å². The molecule has 122 valence electrons. The smallest absolute Gasteiger partial charge is 0.307 e. The molecule has 1 spiro atoms. The number of aliphatic carboxylic acids is 1. The van der Waals surface area contributed by atoms with Crippen molar-refractivity contribution in [3.05, 3.63) is 29.8 Å². The van der Waals surface area contributed by atoms with Gasteiger partial charge in [0.1, 0.15) is 5.66 Å². The molecule has 0 bridgehead atoms. The number of rotatable bonds is 3. The van der Waals surface area contributed by atoms with Crippen molar-refractivity contribution in [2.75, 3.05) is 4.90 Å². The van der Waals surface area contributed by atoms with E-state index in [9.17, 15) is 4.79 Å². The van der Waals surface area contributed by atoms with Crippen LogP contribution in [0.1, 0.15) is 37.7 Å². The van der Waals surface area contributed by atoms with Crippen LogP contribution >= 0.6 is 0 Å². The summed E-state index contributed by atoms with van der Waals surface area (Å²) in [6.45, 7) is 0. The molecule has 0 radical (unpaired) electrons. The third-order valence-corrected chi connectivity index (χ3v) is 4.38. The van der Waals surface area contributed by atoms with Crippen LogP contribution in [0.15, 0.2) is 34.3 Å². The van der Waals surface area contributed by atoms with E-state index in [0.29, 0.717) is 5.96 Å². The van der Waals surface area contributed by atoms with E-state index in [2.05, 4.69) is 9.98 Å². The lowest BCUT2D eigenvalue weighted by atomic mass is 9.87. The molecule has 0 saturated heterocycles. The highest BCUT2D eigenvalue weighted by Crippen LogP contribution is 2.39. The molecule has 1 fully saturated rings. The van der Waals surface area contributed by atoms with Gasteiger partial charge in [-0.1, -0.05) is 18.6 Å². The summed E-state index contributed by atoms with van der Waals surface area (Å²) in [6.07, 6.45) is 4.95. The lowest BCUT2D eigenvalue weighted by Gasteiger charge is -2.45. The van der Waals surface area contributed by atoms with E-state index in [1.807, 2.05) is 23.1 Å². The highest BCUT2D eigenvalue weighted by atomic mass is 16.4. The number of carbonyl (C=O) groups is 1. The molecule has 23 heavy (non-hydrogen) atoms. The predicted octanol–water partition coefficient (Wildman–Crippen LogP) is 1.42. The Labute approximate surface area is 134 Å². The maximum atomic E-state index is 11.0. The first-order valence-corrected chi connectivity index (χ1v) is 7.81. The van der Waals surface area contributed by atoms with Gasteiger partial charge in [0.05, 0.1) is 6.42 Å². The Bertz CT molecular complexity index is 677. The number of hydrogen-bond acceptors (Lipinski definition) is 6. The number of guanidine groups is 2. The summed E-state index contributed by atoms with van der Waals surface area (Å²) in [5, 5.41) is 9.00. The summed E-state index contributed by atoms with van der Waals surface area (Å²) in [4.78, 5) is 21.6. The molecule has 1 aliphatic carbocycles. The van der Waals surface area contributed by atoms with Crippen LogP contribution in [0.5, 0.6) is 0 Å². The minimum absolute atomic E-state index is 0.0306. The number of nitrogens with zero attached hydrogens (tertiary/aromatic N) is 3. The average molecular weight is 315 g/mol. The second-order valence-corrected chi connectivity index (χ2v) is 6.06. The first-order valence-electron chi connectivity index (χ1n) is 7.81. The molecule has 0 aromatic heterocycles. The molecule has 7 nitrogen and oxygen atoms in total. The number of nitrogens with two attached hydrogens (primary N) is 2. The zero-order chi connectivity index (χ0) is 16.4. The Hall–Kier alpha value is -2.57. The lowest BCUT2D eigenvalue weighted by molar-refractivity contribution is -0.136. The van der Waals surface area contributed by atoms with Crippen molar-refractivity contribution in [3.63, 3.8) is 0 Å². The van der Waals surface area contributed by atoms with E-state index in [1.54, 1.807) is 6.07 Å². The predicted molar refractivity (Wildman–Crippen MR) is 89.3 cm³/mol. The van der Waals surface area contributed by atoms with Crippen molar-refractivity contribution < 1.29 is 9.90 Å². The molecular formula is C16H21N5O2.